The average molecular weight is 346 g/mol. The zero-order valence-electron chi connectivity index (χ0n) is 12.3. The monoisotopic (exact) mass is 345 g/mol. The number of hydrogen-bond donors (Lipinski definition) is 1. The van der Waals surface area contributed by atoms with E-state index in [0.717, 1.165) is 41.1 Å². The topological polar surface area (TPSA) is 37.8 Å². The number of fused-ring (bicyclic) bond motifs is 1. The molecule has 0 atom stereocenters. The number of rotatable bonds is 3. The van der Waals surface area contributed by atoms with Gasteiger partial charge < -0.3 is 5.32 Å². The fourth-order valence-corrected chi connectivity index (χ4v) is 3.08. The summed E-state index contributed by atoms with van der Waals surface area (Å²) < 4.78 is 1.08. The van der Waals surface area contributed by atoms with Crippen molar-refractivity contribution in [2.45, 2.75) is 39.0 Å². The van der Waals surface area contributed by atoms with Crippen molar-refractivity contribution in [3.8, 4) is 11.4 Å². The maximum absolute atomic E-state index is 4.85. The minimum atomic E-state index is 0.833. The standard InChI is InChI=1S/C17H20BrN3/c1-2-19-17-14-6-4-3-5-7-15(14)20-16(21-17)12-8-10-13(18)11-9-12/h8-11H,2-7H2,1H3,(H,19,20,21). The molecule has 1 heterocycles. The third kappa shape index (κ3) is 3.26. The molecule has 21 heavy (non-hydrogen) atoms. The van der Waals surface area contributed by atoms with Crippen LogP contribution in [-0.2, 0) is 12.8 Å². The van der Waals surface area contributed by atoms with Crippen molar-refractivity contribution >= 4 is 21.7 Å². The predicted octanol–water partition coefficient (Wildman–Crippen LogP) is 4.61. The molecule has 1 N–H and O–H groups in total. The first kappa shape index (κ1) is 14.5. The molecule has 0 fully saturated rings. The summed E-state index contributed by atoms with van der Waals surface area (Å²) in [6.45, 7) is 3.01. The third-order valence-corrected chi connectivity index (χ3v) is 4.41. The van der Waals surface area contributed by atoms with E-state index >= 15 is 0 Å². The van der Waals surface area contributed by atoms with Crippen molar-refractivity contribution in [1.29, 1.82) is 0 Å². The highest BCUT2D eigenvalue weighted by Crippen LogP contribution is 2.28. The molecule has 0 saturated carbocycles. The summed E-state index contributed by atoms with van der Waals surface area (Å²) in [7, 11) is 0. The predicted molar refractivity (Wildman–Crippen MR) is 90.6 cm³/mol. The molecule has 0 aliphatic heterocycles. The highest BCUT2D eigenvalue weighted by atomic mass is 79.9. The second-order valence-electron chi connectivity index (χ2n) is 5.42. The minimum absolute atomic E-state index is 0.833. The second-order valence-corrected chi connectivity index (χ2v) is 6.33. The molecule has 2 aromatic rings. The van der Waals surface area contributed by atoms with Crippen LogP contribution >= 0.6 is 15.9 Å². The summed E-state index contributed by atoms with van der Waals surface area (Å²) in [5.41, 5.74) is 3.64. The molecule has 0 spiro atoms. The van der Waals surface area contributed by atoms with E-state index in [1.54, 1.807) is 0 Å². The molecule has 0 saturated heterocycles. The zero-order chi connectivity index (χ0) is 14.7. The molecule has 4 heteroatoms. The van der Waals surface area contributed by atoms with Gasteiger partial charge in [0.2, 0.25) is 0 Å². The highest BCUT2D eigenvalue weighted by molar-refractivity contribution is 9.10. The lowest BCUT2D eigenvalue weighted by molar-refractivity contribution is 0.709. The number of nitrogens with zero attached hydrogens (tertiary/aromatic N) is 2. The van der Waals surface area contributed by atoms with Crippen LogP contribution in [0.1, 0.15) is 37.4 Å². The quantitative estimate of drug-likeness (QED) is 0.825. The number of nitrogens with one attached hydrogen (secondary N) is 1. The fraction of sp³-hybridized carbons (Fsp3) is 0.412. The SMILES string of the molecule is CCNc1nc(-c2ccc(Br)cc2)nc2c1CCCCC2. The largest absolute Gasteiger partial charge is 0.370 e. The molecular formula is C17H20BrN3. The van der Waals surface area contributed by atoms with Crippen molar-refractivity contribution in [2.75, 3.05) is 11.9 Å². The van der Waals surface area contributed by atoms with Crippen LogP contribution in [0.2, 0.25) is 0 Å². The minimum Gasteiger partial charge on any atom is -0.370 e. The number of anilines is 1. The second kappa shape index (κ2) is 6.56. The van der Waals surface area contributed by atoms with E-state index in [0.29, 0.717) is 0 Å². The highest BCUT2D eigenvalue weighted by Gasteiger charge is 2.17. The van der Waals surface area contributed by atoms with Crippen LogP contribution in [0.3, 0.4) is 0 Å². The molecule has 0 radical (unpaired) electrons. The van der Waals surface area contributed by atoms with Gasteiger partial charge in [0, 0.05) is 27.8 Å². The van der Waals surface area contributed by atoms with Gasteiger partial charge in [-0.15, -0.1) is 0 Å². The zero-order valence-corrected chi connectivity index (χ0v) is 13.9. The lowest BCUT2D eigenvalue weighted by Crippen LogP contribution is -2.09. The van der Waals surface area contributed by atoms with Gasteiger partial charge in [-0.05, 0) is 44.7 Å². The Hall–Kier alpha value is -1.42. The maximum atomic E-state index is 4.85. The molecule has 0 amide bonds. The van der Waals surface area contributed by atoms with Gasteiger partial charge in [0.1, 0.15) is 5.82 Å². The molecule has 3 rings (SSSR count). The lowest BCUT2D eigenvalue weighted by atomic mass is 10.1. The summed E-state index contributed by atoms with van der Waals surface area (Å²) in [6.07, 6.45) is 5.93. The first-order valence-electron chi connectivity index (χ1n) is 7.67. The number of benzene rings is 1. The maximum Gasteiger partial charge on any atom is 0.161 e. The molecule has 110 valence electrons. The molecule has 1 aliphatic rings. The summed E-state index contributed by atoms with van der Waals surface area (Å²) >= 11 is 3.47. The Bertz CT molecular complexity index is 623. The first-order valence-corrected chi connectivity index (χ1v) is 8.47. The molecule has 3 nitrogen and oxygen atoms in total. The number of halogens is 1. The van der Waals surface area contributed by atoms with Gasteiger partial charge in [0.25, 0.3) is 0 Å². The van der Waals surface area contributed by atoms with Crippen molar-refractivity contribution in [1.82, 2.24) is 9.97 Å². The molecule has 0 unspecified atom stereocenters. The fourth-order valence-electron chi connectivity index (χ4n) is 2.81. The third-order valence-electron chi connectivity index (χ3n) is 3.88. The Morgan fingerprint density at radius 3 is 2.57 bits per heavy atom. The molecule has 1 aromatic heterocycles. The van der Waals surface area contributed by atoms with Crippen molar-refractivity contribution in [3.05, 3.63) is 40.0 Å². The van der Waals surface area contributed by atoms with Gasteiger partial charge in [-0.1, -0.05) is 34.5 Å². The number of hydrogen-bond acceptors (Lipinski definition) is 3. The van der Waals surface area contributed by atoms with Gasteiger partial charge in [-0.25, -0.2) is 9.97 Å². The smallest absolute Gasteiger partial charge is 0.161 e. The van der Waals surface area contributed by atoms with E-state index in [1.807, 2.05) is 12.1 Å². The molecular weight excluding hydrogens is 326 g/mol. The Balaban J connectivity index is 2.07. The molecule has 1 aromatic carbocycles. The van der Waals surface area contributed by atoms with Crippen molar-refractivity contribution in [3.63, 3.8) is 0 Å². The Morgan fingerprint density at radius 1 is 1.05 bits per heavy atom. The van der Waals surface area contributed by atoms with E-state index in [4.69, 9.17) is 9.97 Å². The van der Waals surface area contributed by atoms with Crippen molar-refractivity contribution < 1.29 is 0 Å². The number of aryl methyl sites for hydroxylation is 1. The van der Waals surface area contributed by atoms with E-state index in [1.165, 1.54) is 30.5 Å². The first-order chi connectivity index (χ1) is 10.3. The normalized spacial score (nSPS) is 14.4. The van der Waals surface area contributed by atoms with E-state index in [2.05, 4.69) is 40.3 Å². The Morgan fingerprint density at radius 2 is 1.81 bits per heavy atom. The van der Waals surface area contributed by atoms with Gasteiger partial charge in [-0.3, -0.25) is 0 Å². The van der Waals surface area contributed by atoms with Crippen LogP contribution in [0.4, 0.5) is 5.82 Å². The van der Waals surface area contributed by atoms with Crippen LogP contribution in [0.5, 0.6) is 0 Å². The van der Waals surface area contributed by atoms with E-state index < -0.39 is 0 Å². The van der Waals surface area contributed by atoms with Gasteiger partial charge in [0.15, 0.2) is 5.82 Å². The summed E-state index contributed by atoms with van der Waals surface area (Å²) in [6, 6.07) is 8.21. The van der Waals surface area contributed by atoms with Crippen LogP contribution in [0, 0.1) is 0 Å². The molecule has 0 bridgehead atoms. The van der Waals surface area contributed by atoms with Crippen LogP contribution in [0.15, 0.2) is 28.7 Å². The van der Waals surface area contributed by atoms with Gasteiger partial charge in [0.05, 0.1) is 0 Å². The Labute approximate surface area is 134 Å². The summed E-state index contributed by atoms with van der Waals surface area (Å²) in [4.78, 5) is 9.63. The Kier molecular flexibility index (Phi) is 4.54. The average Bonchev–Trinajstić information content (AvgIpc) is 2.73. The molecule has 1 aliphatic carbocycles. The van der Waals surface area contributed by atoms with E-state index in [-0.39, 0.29) is 0 Å². The van der Waals surface area contributed by atoms with Gasteiger partial charge in [-0.2, -0.15) is 0 Å². The van der Waals surface area contributed by atoms with Crippen molar-refractivity contribution in [2.24, 2.45) is 0 Å². The van der Waals surface area contributed by atoms with Gasteiger partial charge >= 0.3 is 0 Å². The summed E-state index contributed by atoms with van der Waals surface area (Å²) in [5.74, 6) is 1.86. The lowest BCUT2D eigenvalue weighted by Gasteiger charge is -2.14. The van der Waals surface area contributed by atoms with Crippen LogP contribution < -0.4 is 5.32 Å². The number of aromatic nitrogens is 2. The van der Waals surface area contributed by atoms with Crippen LogP contribution in [-0.4, -0.2) is 16.5 Å². The van der Waals surface area contributed by atoms with E-state index in [9.17, 15) is 0 Å². The summed E-state index contributed by atoms with van der Waals surface area (Å²) in [5, 5.41) is 3.42. The van der Waals surface area contributed by atoms with Crippen LogP contribution in [0.25, 0.3) is 11.4 Å².